The molecule has 5 heteroatoms. The molecule has 2 nitrogen and oxygen atoms in total. The lowest BCUT2D eigenvalue weighted by molar-refractivity contribution is 0.506. The van der Waals surface area contributed by atoms with Crippen LogP contribution < -0.4 is 5.32 Å². The molecule has 1 aromatic carbocycles. The number of anilines is 1. The molecule has 0 saturated heterocycles. The number of hydrogen-bond donors (Lipinski definition) is 1. The Bertz CT molecular complexity index is 471. The third-order valence-electron chi connectivity index (χ3n) is 2.22. The van der Waals surface area contributed by atoms with Gasteiger partial charge in [0.25, 0.3) is 0 Å². The van der Waals surface area contributed by atoms with Crippen LogP contribution in [-0.2, 0) is 0 Å². The lowest BCUT2D eigenvalue weighted by Gasteiger charge is -2.13. The van der Waals surface area contributed by atoms with Crippen LogP contribution in [0.2, 0.25) is 0 Å². The standard InChI is InChI=1S/C11H10F2N2S/c1-7(15-11-14-4-5-16-11)8-2-3-9(12)10(13)6-8/h2-7H,1H3,(H,14,15). The van der Waals surface area contributed by atoms with Crippen molar-refractivity contribution in [2.24, 2.45) is 0 Å². The van der Waals surface area contributed by atoms with Crippen molar-refractivity contribution in [3.8, 4) is 0 Å². The van der Waals surface area contributed by atoms with Crippen molar-refractivity contribution >= 4 is 16.5 Å². The van der Waals surface area contributed by atoms with Gasteiger partial charge in [-0.15, -0.1) is 11.3 Å². The largest absolute Gasteiger partial charge is 0.355 e. The topological polar surface area (TPSA) is 24.9 Å². The summed E-state index contributed by atoms with van der Waals surface area (Å²) in [6.07, 6.45) is 1.69. The Morgan fingerprint density at radius 2 is 2.12 bits per heavy atom. The molecule has 84 valence electrons. The van der Waals surface area contributed by atoms with E-state index >= 15 is 0 Å². The summed E-state index contributed by atoms with van der Waals surface area (Å²) < 4.78 is 25.7. The van der Waals surface area contributed by atoms with Gasteiger partial charge >= 0.3 is 0 Å². The highest BCUT2D eigenvalue weighted by Gasteiger charge is 2.09. The van der Waals surface area contributed by atoms with Gasteiger partial charge in [-0.1, -0.05) is 6.07 Å². The smallest absolute Gasteiger partial charge is 0.183 e. The molecule has 2 aromatic rings. The summed E-state index contributed by atoms with van der Waals surface area (Å²) >= 11 is 1.46. The molecule has 0 fully saturated rings. The van der Waals surface area contributed by atoms with E-state index in [0.29, 0.717) is 5.56 Å². The fraction of sp³-hybridized carbons (Fsp3) is 0.182. The van der Waals surface area contributed by atoms with Crippen LogP contribution in [0.15, 0.2) is 29.8 Å². The van der Waals surface area contributed by atoms with Gasteiger partial charge in [0.2, 0.25) is 0 Å². The predicted octanol–water partition coefficient (Wildman–Crippen LogP) is 3.59. The number of nitrogens with one attached hydrogen (secondary N) is 1. The molecule has 1 heterocycles. The summed E-state index contributed by atoms with van der Waals surface area (Å²) in [7, 11) is 0. The van der Waals surface area contributed by atoms with Crippen molar-refractivity contribution in [2.45, 2.75) is 13.0 Å². The van der Waals surface area contributed by atoms with Crippen molar-refractivity contribution in [3.63, 3.8) is 0 Å². The maximum absolute atomic E-state index is 13.0. The number of rotatable bonds is 3. The Hall–Kier alpha value is -1.49. The second kappa shape index (κ2) is 4.57. The van der Waals surface area contributed by atoms with Crippen LogP contribution in [0.1, 0.15) is 18.5 Å². The second-order valence-corrected chi connectivity index (χ2v) is 4.27. The molecular formula is C11H10F2N2S. The summed E-state index contributed by atoms with van der Waals surface area (Å²) in [5, 5.41) is 5.71. The number of thiazole rings is 1. The maximum atomic E-state index is 13.0. The molecule has 0 aliphatic rings. The first-order chi connectivity index (χ1) is 7.66. The fourth-order valence-electron chi connectivity index (χ4n) is 1.34. The van der Waals surface area contributed by atoms with E-state index < -0.39 is 11.6 Å². The zero-order chi connectivity index (χ0) is 11.5. The van der Waals surface area contributed by atoms with Crippen molar-refractivity contribution in [1.82, 2.24) is 4.98 Å². The summed E-state index contributed by atoms with van der Waals surface area (Å²) in [6, 6.07) is 3.77. The van der Waals surface area contributed by atoms with Gasteiger partial charge in [0.15, 0.2) is 16.8 Å². The molecule has 1 unspecified atom stereocenters. The number of hydrogen-bond acceptors (Lipinski definition) is 3. The molecule has 0 radical (unpaired) electrons. The highest BCUT2D eigenvalue weighted by molar-refractivity contribution is 7.13. The zero-order valence-electron chi connectivity index (χ0n) is 8.58. The molecule has 2 rings (SSSR count). The van der Waals surface area contributed by atoms with Gasteiger partial charge in [-0.25, -0.2) is 13.8 Å². The van der Waals surface area contributed by atoms with Crippen molar-refractivity contribution in [2.75, 3.05) is 5.32 Å². The first-order valence-corrected chi connectivity index (χ1v) is 5.66. The van der Waals surface area contributed by atoms with Gasteiger partial charge in [0.05, 0.1) is 6.04 Å². The molecule has 0 aliphatic heterocycles. The van der Waals surface area contributed by atoms with Gasteiger partial charge in [0.1, 0.15) is 0 Å². The Balaban J connectivity index is 2.14. The van der Waals surface area contributed by atoms with Gasteiger partial charge in [-0.2, -0.15) is 0 Å². The van der Waals surface area contributed by atoms with Gasteiger partial charge in [-0.3, -0.25) is 0 Å². The van der Waals surface area contributed by atoms with E-state index in [-0.39, 0.29) is 6.04 Å². The van der Waals surface area contributed by atoms with Crippen LogP contribution in [0.5, 0.6) is 0 Å². The van der Waals surface area contributed by atoms with Crippen molar-refractivity contribution < 1.29 is 8.78 Å². The average Bonchev–Trinajstić information content (AvgIpc) is 2.74. The number of halogens is 2. The quantitative estimate of drug-likeness (QED) is 0.886. The van der Waals surface area contributed by atoms with Crippen LogP contribution in [0.25, 0.3) is 0 Å². The second-order valence-electron chi connectivity index (χ2n) is 3.38. The van der Waals surface area contributed by atoms with Gasteiger partial charge < -0.3 is 5.32 Å². The molecule has 0 bridgehead atoms. The third kappa shape index (κ3) is 2.36. The van der Waals surface area contributed by atoms with Gasteiger partial charge in [0, 0.05) is 11.6 Å². The van der Waals surface area contributed by atoms with E-state index in [9.17, 15) is 8.78 Å². The minimum atomic E-state index is -0.829. The maximum Gasteiger partial charge on any atom is 0.183 e. The summed E-state index contributed by atoms with van der Waals surface area (Å²) in [5.41, 5.74) is 0.689. The van der Waals surface area contributed by atoms with Crippen molar-refractivity contribution in [3.05, 3.63) is 47.0 Å². The molecule has 0 amide bonds. The number of nitrogens with zero attached hydrogens (tertiary/aromatic N) is 1. The fourth-order valence-corrected chi connectivity index (χ4v) is 1.96. The highest BCUT2D eigenvalue weighted by atomic mass is 32.1. The Morgan fingerprint density at radius 3 is 2.75 bits per heavy atom. The molecule has 0 aliphatic carbocycles. The van der Waals surface area contributed by atoms with Crippen LogP contribution in [0.4, 0.5) is 13.9 Å². The number of benzene rings is 1. The Kier molecular flexibility index (Phi) is 3.14. The molecule has 1 N–H and O–H groups in total. The molecule has 0 saturated carbocycles. The lowest BCUT2D eigenvalue weighted by Crippen LogP contribution is -2.06. The lowest BCUT2D eigenvalue weighted by atomic mass is 10.1. The molecule has 16 heavy (non-hydrogen) atoms. The summed E-state index contributed by atoms with van der Waals surface area (Å²) in [5.74, 6) is -1.66. The Labute approximate surface area is 96.0 Å². The highest BCUT2D eigenvalue weighted by Crippen LogP contribution is 2.21. The molecule has 0 spiro atoms. The molecule has 1 atom stereocenters. The van der Waals surface area contributed by atoms with E-state index in [2.05, 4.69) is 10.3 Å². The van der Waals surface area contributed by atoms with E-state index in [1.54, 1.807) is 12.3 Å². The normalized spacial score (nSPS) is 12.4. The monoisotopic (exact) mass is 240 g/mol. The van der Waals surface area contributed by atoms with Gasteiger partial charge in [-0.05, 0) is 24.6 Å². The summed E-state index contributed by atoms with van der Waals surface area (Å²) in [4.78, 5) is 4.06. The number of aromatic nitrogens is 1. The van der Waals surface area contributed by atoms with Crippen LogP contribution in [0, 0.1) is 11.6 Å². The van der Waals surface area contributed by atoms with Crippen LogP contribution in [0.3, 0.4) is 0 Å². The molecule has 1 aromatic heterocycles. The SMILES string of the molecule is CC(Nc1nccs1)c1ccc(F)c(F)c1. The Morgan fingerprint density at radius 1 is 1.31 bits per heavy atom. The first kappa shape index (κ1) is 11.0. The third-order valence-corrected chi connectivity index (χ3v) is 2.92. The minimum absolute atomic E-state index is 0.110. The first-order valence-electron chi connectivity index (χ1n) is 4.78. The molecular weight excluding hydrogens is 230 g/mol. The van der Waals surface area contributed by atoms with E-state index in [1.165, 1.54) is 17.4 Å². The van der Waals surface area contributed by atoms with E-state index in [4.69, 9.17) is 0 Å². The predicted molar refractivity (Wildman–Crippen MR) is 60.5 cm³/mol. The summed E-state index contributed by atoms with van der Waals surface area (Å²) in [6.45, 7) is 1.87. The average molecular weight is 240 g/mol. The van der Waals surface area contributed by atoms with E-state index in [0.717, 1.165) is 11.2 Å². The zero-order valence-corrected chi connectivity index (χ0v) is 9.39. The van der Waals surface area contributed by atoms with Crippen molar-refractivity contribution in [1.29, 1.82) is 0 Å². The van der Waals surface area contributed by atoms with Crippen LogP contribution in [-0.4, -0.2) is 4.98 Å². The van der Waals surface area contributed by atoms with E-state index in [1.807, 2.05) is 12.3 Å². The van der Waals surface area contributed by atoms with Crippen LogP contribution >= 0.6 is 11.3 Å². The minimum Gasteiger partial charge on any atom is -0.355 e.